The van der Waals surface area contributed by atoms with Crippen molar-refractivity contribution in [3.8, 4) is 0 Å². The average molecular weight is 316 g/mol. The Morgan fingerprint density at radius 1 is 1.50 bits per heavy atom. The van der Waals surface area contributed by atoms with Gasteiger partial charge in [-0.2, -0.15) is 5.10 Å². The van der Waals surface area contributed by atoms with Crippen molar-refractivity contribution in [3.63, 3.8) is 0 Å². The van der Waals surface area contributed by atoms with Gasteiger partial charge in [0.15, 0.2) is 0 Å². The van der Waals surface area contributed by atoms with Gasteiger partial charge in [-0.1, -0.05) is 0 Å². The van der Waals surface area contributed by atoms with Gasteiger partial charge in [-0.15, -0.1) is 0 Å². The zero-order valence-corrected chi connectivity index (χ0v) is 13.0. The van der Waals surface area contributed by atoms with Crippen molar-refractivity contribution in [2.45, 2.75) is 51.8 Å². The highest BCUT2D eigenvalue weighted by Crippen LogP contribution is 2.34. The van der Waals surface area contributed by atoms with Crippen LogP contribution in [0.2, 0.25) is 0 Å². The lowest BCUT2D eigenvalue weighted by molar-refractivity contribution is -0.0696. The molecule has 18 heavy (non-hydrogen) atoms. The minimum Gasteiger partial charge on any atom is -0.377 e. The molecule has 5 heteroatoms. The normalized spacial score (nSPS) is 17.8. The lowest BCUT2D eigenvalue weighted by Crippen LogP contribution is -2.47. The van der Waals surface area contributed by atoms with Crippen molar-refractivity contribution < 1.29 is 4.74 Å². The second-order valence-electron chi connectivity index (χ2n) is 5.01. The van der Waals surface area contributed by atoms with E-state index in [0.29, 0.717) is 0 Å². The number of halogens is 1. The Labute approximate surface area is 117 Å². The van der Waals surface area contributed by atoms with Crippen molar-refractivity contribution in [2.24, 2.45) is 0 Å². The van der Waals surface area contributed by atoms with E-state index in [1.807, 2.05) is 18.7 Å². The first-order chi connectivity index (χ1) is 8.62. The van der Waals surface area contributed by atoms with Gasteiger partial charge in [0.1, 0.15) is 0 Å². The van der Waals surface area contributed by atoms with E-state index in [2.05, 4.69) is 33.3 Å². The Morgan fingerprint density at radius 3 is 2.72 bits per heavy atom. The molecule has 1 aromatic heterocycles. The van der Waals surface area contributed by atoms with Crippen molar-refractivity contribution in [3.05, 3.63) is 15.9 Å². The fourth-order valence-corrected chi connectivity index (χ4v) is 2.89. The van der Waals surface area contributed by atoms with Crippen LogP contribution in [0.4, 0.5) is 0 Å². The molecule has 0 spiro atoms. The van der Waals surface area contributed by atoms with Crippen LogP contribution in [0.25, 0.3) is 0 Å². The molecule has 1 N–H and O–H groups in total. The summed E-state index contributed by atoms with van der Waals surface area (Å²) in [4.78, 5) is 0. The van der Waals surface area contributed by atoms with Crippen molar-refractivity contribution in [2.75, 3.05) is 13.7 Å². The molecule has 0 radical (unpaired) electrons. The maximum absolute atomic E-state index is 5.61. The summed E-state index contributed by atoms with van der Waals surface area (Å²) in [5, 5.41) is 8.01. The first kappa shape index (κ1) is 14.0. The smallest absolute Gasteiger partial charge is 0.0802 e. The molecule has 0 unspecified atom stereocenters. The van der Waals surface area contributed by atoms with Crippen LogP contribution in [0.1, 0.15) is 37.6 Å². The Kier molecular flexibility index (Phi) is 4.45. The highest BCUT2D eigenvalue weighted by molar-refractivity contribution is 9.10. The average Bonchev–Trinajstić information content (AvgIpc) is 2.60. The summed E-state index contributed by atoms with van der Waals surface area (Å²) in [6, 6.07) is 0. The third-order valence-electron chi connectivity index (χ3n) is 3.89. The number of nitrogens with zero attached hydrogens (tertiary/aromatic N) is 2. The van der Waals surface area contributed by atoms with Crippen LogP contribution < -0.4 is 5.32 Å². The Balaban J connectivity index is 1.94. The predicted molar refractivity (Wildman–Crippen MR) is 75.6 cm³/mol. The van der Waals surface area contributed by atoms with Crippen LogP contribution in [0.3, 0.4) is 0 Å². The lowest BCUT2D eigenvalue weighted by atomic mass is 9.80. The van der Waals surface area contributed by atoms with E-state index in [0.717, 1.165) is 29.8 Å². The molecule has 1 heterocycles. The molecule has 1 aromatic rings. The molecule has 1 aliphatic carbocycles. The van der Waals surface area contributed by atoms with Crippen LogP contribution in [0, 0.1) is 6.92 Å². The largest absolute Gasteiger partial charge is 0.377 e. The minimum absolute atomic E-state index is 0.0819. The molecule has 0 aromatic carbocycles. The van der Waals surface area contributed by atoms with E-state index in [4.69, 9.17) is 4.74 Å². The summed E-state index contributed by atoms with van der Waals surface area (Å²) < 4.78 is 8.78. The topological polar surface area (TPSA) is 39.1 Å². The third kappa shape index (κ3) is 2.63. The monoisotopic (exact) mass is 315 g/mol. The maximum atomic E-state index is 5.61. The van der Waals surface area contributed by atoms with E-state index < -0.39 is 0 Å². The summed E-state index contributed by atoms with van der Waals surface area (Å²) in [6.07, 6.45) is 3.62. The summed E-state index contributed by atoms with van der Waals surface area (Å²) in [5.74, 6) is 0. The van der Waals surface area contributed by atoms with Gasteiger partial charge in [0.25, 0.3) is 0 Å². The lowest BCUT2D eigenvalue weighted by Gasteiger charge is -2.40. The number of ether oxygens (including phenoxy) is 1. The van der Waals surface area contributed by atoms with E-state index in [-0.39, 0.29) is 5.60 Å². The fourth-order valence-electron chi connectivity index (χ4n) is 2.47. The number of aryl methyl sites for hydroxylation is 2. The van der Waals surface area contributed by atoms with E-state index >= 15 is 0 Å². The third-order valence-corrected chi connectivity index (χ3v) is 4.92. The molecule has 1 saturated carbocycles. The predicted octanol–water partition coefficient (Wildman–Crippen LogP) is 2.63. The highest BCUT2D eigenvalue weighted by Gasteiger charge is 2.36. The summed E-state index contributed by atoms with van der Waals surface area (Å²) in [7, 11) is 1.82. The molecular formula is C13H22BrN3O. The number of hydrogen-bond donors (Lipinski definition) is 1. The van der Waals surface area contributed by atoms with Gasteiger partial charge >= 0.3 is 0 Å². The van der Waals surface area contributed by atoms with Crippen LogP contribution in [-0.4, -0.2) is 29.0 Å². The van der Waals surface area contributed by atoms with Crippen molar-refractivity contribution in [1.82, 2.24) is 15.1 Å². The summed E-state index contributed by atoms with van der Waals surface area (Å²) in [5.41, 5.74) is 2.36. The molecule has 1 fully saturated rings. The highest BCUT2D eigenvalue weighted by atomic mass is 79.9. The SMILES string of the molecule is CCn1nc(C)c(Br)c1CNCC1(OC)CCC1. The number of rotatable bonds is 6. The van der Waals surface area contributed by atoms with Crippen LogP contribution in [0.5, 0.6) is 0 Å². The molecule has 4 nitrogen and oxygen atoms in total. The fraction of sp³-hybridized carbons (Fsp3) is 0.769. The number of methoxy groups -OCH3 is 1. The minimum atomic E-state index is 0.0819. The first-order valence-corrected chi connectivity index (χ1v) is 7.39. The first-order valence-electron chi connectivity index (χ1n) is 6.59. The van der Waals surface area contributed by atoms with Gasteiger partial charge < -0.3 is 10.1 Å². The molecule has 0 bridgehead atoms. The molecular weight excluding hydrogens is 294 g/mol. The summed E-state index contributed by atoms with van der Waals surface area (Å²) in [6.45, 7) is 6.80. The molecule has 102 valence electrons. The number of hydrogen-bond acceptors (Lipinski definition) is 3. The van der Waals surface area contributed by atoms with Crippen LogP contribution in [0.15, 0.2) is 4.47 Å². The molecule has 2 rings (SSSR count). The molecule has 0 atom stereocenters. The Morgan fingerprint density at radius 2 is 2.22 bits per heavy atom. The number of nitrogens with one attached hydrogen (secondary N) is 1. The van der Waals surface area contributed by atoms with Gasteiger partial charge in [0.05, 0.1) is 21.5 Å². The number of aromatic nitrogens is 2. The van der Waals surface area contributed by atoms with Crippen LogP contribution in [-0.2, 0) is 17.8 Å². The molecule has 1 aliphatic rings. The van der Waals surface area contributed by atoms with Gasteiger partial charge in [0, 0.05) is 26.7 Å². The second-order valence-corrected chi connectivity index (χ2v) is 5.80. The molecule has 0 amide bonds. The van der Waals surface area contributed by atoms with Gasteiger partial charge in [0.2, 0.25) is 0 Å². The Bertz CT molecular complexity index is 407. The van der Waals surface area contributed by atoms with Gasteiger partial charge in [-0.3, -0.25) is 4.68 Å². The van der Waals surface area contributed by atoms with Crippen LogP contribution >= 0.6 is 15.9 Å². The van der Waals surface area contributed by atoms with E-state index in [1.165, 1.54) is 25.0 Å². The van der Waals surface area contributed by atoms with Gasteiger partial charge in [-0.25, -0.2) is 0 Å². The van der Waals surface area contributed by atoms with Crippen molar-refractivity contribution in [1.29, 1.82) is 0 Å². The quantitative estimate of drug-likeness (QED) is 0.877. The molecule has 0 saturated heterocycles. The second kappa shape index (κ2) is 5.72. The zero-order valence-electron chi connectivity index (χ0n) is 11.4. The zero-order chi connectivity index (χ0) is 13.2. The maximum Gasteiger partial charge on any atom is 0.0802 e. The summed E-state index contributed by atoms with van der Waals surface area (Å²) >= 11 is 3.62. The van der Waals surface area contributed by atoms with E-state index in [9.17, 15) is 0 Å². The van der Waals surface area contributed by atoms with Crippen molar-refractivity contribution >= 4 is 15.9 Å². The molecule has 0 aliphatic heterocycles. The standard InChI is InChI=1S/C13H22BrN3O/c1-4-17-11(12(14)10(2)16-17)8-15-9-13(18-3)6-5-7-13/h15H,4-9H2,1-3H3. The van der Waals surface area contributed by atoms with Gasteiger partial charge in [-0.05, 0) is 49.0 Å². The Hall–Kier alpha value is -0.390. The van der Waals surface area contributed by atoms with E-state index in [1.54, 1.807) is 0 Å².